The zero-order valence-electron chi connectivity index (χ0n) is 14.3. The van der Waals surface area contributed by atoms with Gasteiger partial charge in [0.25, 0.3) is 0 Å². The molecule has 0 aliphatic carbocycles. The first-order valence-electron chi connectivity index (χ1n) is 8.48. The van der Waals surface area contributed by atoms with E-state index in [0.717, 1.165) is 31.5 Å². The van der Waals surface area contributed by atoms with Crippen LogP contribution in [0.15, 0.2) is 23.5 Å². The number of likely N-dealkylation sites (tertiary alicyclic amines) is 1. The van der Waals surface area contributed by atoms with Crippen molar-refractivity contribution in [2.45, 2.75) is 45.2 Å². The van der Waals surface area contributed by atoms with E-state index in [2.05, 4.69) is 50.5 Å². The summed E-state index contributed by atoms with van der Waals surface area (Å²) >= 11 is 0. The average molecular weight is 305 g/mol. The number of guanidine groups is 1. The lowest BCUT2D eigenvalue weighted by Crippen LogP contribution is -2.41. The number of nitrogens with zero attached hydrogens (tertiary/aromatic N) is 3. The minimum Gasteiger partial charge on any atom is -0.357 e. The number of aromatic nitrogens is 1. The maximum absolute atomic E-state index is 4.28. The highest BCUT2D eigenvalue weighted by Crippen LogP contribution is 2.15. The Bertz CT molecular complexity index is 465. The molecule has 2 heterocycles. The highest BCUT2D eigenvalue weighted by molar-refractivity contribution is 5.79. The van der Waals surface area contributed by atoms with Crippen molar-refractivity contribution in [2.24, 2.45) is 12.0 Å². The molecular weight excluding hydrogens is 274 g/mol. The highest BCUT2D eigenvalue weighted by Gasteiger charge is 2.16. The maximum atomic E-state index is 4.28. The number of aryl methyl sites for hydroxylation is 1. The normalized spacial score (nSPS) is 20.1. The summed E-state index contributed by atoms with van der Waals surface area (Å²) < 4.78 is 2.06. The van der Waals surface area contributed by atoms with E-state index >= 15 is 0 Å². The molecular formula is C17H31N5. The molecule has 1 aromatic rings. The van der Waals surface area contributed by atoms with Gasteiger partial charge < -0.3 is 20.1 Å². The second-order valence-electron chi connectivity index (χ2n) is 6.27. The third kappa shape index (κ3) is 5.37. The molecule has 0 spiro atoms. The Balaban J connectivity index is 1.62. The van der Waals surface area contributed by atoms with Crippen LogP contribution in [0.25, 0.3) is 0 Å². The van der Waals surface area contributed by atoms with Crippen LogP contribution in [-0.4, -0.2) is 48.2 Å². The molecule has 1 aliphatic heterocycles. The zero-order valence-corrected chi connectivity index (χ0v) is 14.3. The summed E-state index contributed by atoms with van der Waals surface area (Å²) in [5, 5.41) is 6.76. The van der Waals surface area contributed by atoms with Crippen LogP contribution in [0.1, 0.15) is 38.2 Å². The van der Waals surface area contributed by atoms with Gasteiger partial charge in [-0.25, -0.2) is 0 Å². The summed E-state index contributed by atoms with van der Waals surface area (Å²) in [7, 11) is 3.87. The predicted molar refractivity (Wildman–Crippen MR) is 93.1 cm³/mol. The Morgan fingerprint density at radius 2 is 2.23 bits per heavy atom. The number of rotatable bonds is 6. The third-order valence-corrected chi connectivity index (χ3v) is 4.43. The molecule has 1 aromatic heterocycles. The van der Waals surface area contributed by atoms with Gasteiger partial charge in [0.1, 0.15) is 0 Å². The van der Waals surface area contributed by atoms with E-state index in [1.54, 1.807) is 0 Å². The van der Waals surface area contributed by atoms with Gasteiger partial charge in [0.2, 0.25) is 0 Å². The van der Waals surface area contributed by atoms with Crippen LogP contribution >= 0.6 is 0 Å². The van der Waals surface area contributed by atoms with E-state index in [9.17, 15) is 0 Å². The summed E-state index contributed by atoms with van der Waals surface area (Å²) in [6.45, 7) is 6.58. The van der Waals surface area contributed by atoms with Crippen molar-refractivity contribution in [3.8, 4) is 0 Å². The minimum absolute atomic E-state index is 0.754. The summed E-state index contributed by atoms with van der Waals surface area (Å²) in [6, 6.07) is 2.88. The molecule has 124 valence electrons. The van der Waals surface area contributed by atoms with Gasteiger partial charge in [0.05, 0.1) is 0 Å². The molecule has 0 amide bonds. The molecule has 2 rings (SSSR count). The SMILES string of the molecule is CN=C(NCCCN1CCCCC1C)NCc1ccn(C)c1. The quantitative estimate of drug-likeness (QED) is 0.480. The van der Waals surface area contributed by atoms with E-state index < -0.39 is 0 Å². The van der Waals surface area contributed by atoms with Crippen molar-refractivity contribution in [3.05, 3.63) is 24.0 Å². The lowest BCUT2D eigenvalue weighted by Gasteiger charge is -2.33. The first-order chi connectivity index (χ1) is 10.7. The van der Waals surface area contributed by atoms with Crippen molar-refractivity contribution >= 4 is 5.96 Å². The fourth-order valence-corrected chi connectivity index (χ4v) is 3.05. The molecule has 0 aromatic carbocycles. The number of hydrogen-bond donors (Lipinski definition) is 2. The highest BCUT2D eigenvalue weighted by atomic mass is 15.2. The second kappa shape index (κ2) is 8.83. The van der Waals surface area contributed by atoms with E-state index in [1.165, 1.54) is 37.9 Å². The van der Waals surface area contributed by atoms with Crippen LogP contribution in [0.5, 0.6) is 0 Å². The summed E-state index contributed by atoms with van der Waals surface area (Å²) in [6.07, 6.45) is 9.46. The van der Waals surface area contributed by atoms with Crippen molar-refractivity contribution in [1.82, 2.24) is 20.1 Å². The fraction of sp³-hybridized carbons (Fsp3) is 0.706. The van der Waals surface area contributed by atoms with Crippen LogP contribution < -0.4 is 10.6 Å². The van der Waals surface area contributed by atoms with Crippen molar-refractivity contribution in [2.75, 3.05) is 26.7 Å². The van der Waals surface area contributed by atoms with Gasteiger partial charge in [0, 0.05) is 52.2 Å². The monoisotopic (exact) mass is 305 g/mol. The molecule has 1 fully saturated rings. The lowest BCUT2D eigenvalue weighted by atomic mass is 10.0. The van der Waals surface area contributed by atoms with Gasteiger partial charge in [-0.2, -0.15) is 0 Å². The van der Waals surface area contributed by atoms with E-state index in [1.807, 2.05) is 14.1 Å². The molecule has 2 N–H and O–H groups in total. The molecule has 1 atom stereocenters. The van der Waals surface area contributed by atoms with Crippen molar-refractivity contribution in [1.29, 1.82) is 0 Å². The van der Waals surface area contributed by atoms with Crippen molar-refractivity contribution < 1.29 is 0 Å². The standard InChI is InChI=1S/C17H31N5/c1-15-7-4-5-10-22(15)11-6-9-19-17(18-2)20-13-16-8-12-21(3)14-16/h8,12,14-15H,4-7,9-11,13H2,1-3H3,(H2,18,19,20). The number of piperidine rings is 1. The number of nitrogens with one attached hydrogen (secondary N) is 2. The third-order valence-electron chi connectivity index (χ3n) is 4.43. The summed E-state index contributed by atoms with van der Waals surface area (Å²) in [4.78, 5) is 6.90. The molecule has 1 unspecified atom stereocenters. The van der Waals surface area contributed by atoms with Crippen LogP contribution in [-0.2, 0) is 13.6 Å². The molecule has 0 radical (unpaired) electrons. The summed E-state index contributed by atoms with van der Waals surface area (Å²) in [5.41, 5.74) is 1.27. The molecule has 0 saturated carbocycles. The van der Waals surface area contributed by atoms with Crippen LogP contribution in [0.4, 0.5) is 0 Å². The second-order valence-corrected chi connectivity index (χ2v) is 6.27. The Hall–Kier alpha value is -1.49. The zero-order chi connectivity index (χ0) is 15.8. The average Bonchev–Trinajstić information content (AvgIpc) is 2.94. The fourth-order valence-electron chi connectivity index (χ4n) is 3.05. The molecule has 5 heteroatoms. The Kier molecular flexibility index (Phi) is 6.77. The minimum atomic E-state index is 0.754. The Labute approximate surface area is 134 Å². The van der Waals surface area contributed by atoms with E-state index in [-0.39, 0.29) is 0 Å². The molecule has 1 aliphatic rings. The predicted octanol–water partition coefficient (Wildman–Crippen LogP) is 1.95. The van der Waals surface area contributed by atoms with Crippen LogP contribution in [0, 0.1) is 0 Å². The van der Waals surface area contributed by atoms with Gasteiger partial charge in [-0.15, -0.1) is 0 Å². The molecule has 5 nitrogen and oxygen atoms in total. The largest absolute Gasteiger partial charge is 0.357 e. The molecule has 1 saturated heterocycles. The molecule has 22 heavy (non-hydrogen) atoms. The van der Waals surface area contributed by atoms with Gasteiger partial charge in [-0.05, 0) is 44.4 Å². The maximum Gasteiger partial charge on any atom is 0.191 e. The van der Waals surface area contributed by atoms with Crippen LogP contribution in [0.3, 0.4) is 0 Å². The van der Waals surface area contributed by atoms with Crippen LogP contribution in [0.2, 0.25) is 0 Å². The van der Waals surface area contributed by atoms with Gasteiger partial charge in [0.15, 0.2) is 5.96 Å². The molecule has 0 bridgehead atoms. The first-order valence-corrected chi connectivity index (χ1v) is 8.48. The van der Waals surface area contributed by atoms with Gasteiger partial charge in [-0.3, -0.25) is 4.99 Å². The van der Waals surface area contributed by atoms with E-state index in [0.29, 0.717) is 0 Å². The Morgan fingerprint density at radius 1 is 1.36 bits per heavy atom. The topological polar surface area (TPSA) is 44.6 Å². The number of aliphatic imine (C=N–C) groups is 1. The van der Waals surface area contributed by atoms with Crippen molar-refractivity contribution in [3.63, 3.8) is 0 Å². The smallest absolute Gasteiger partial charge is 0.191 e. The lowest BCUT2D eigenvalue weighted by molar-refractivity contribution is 0.159. The first kappa shape index (κ1) is 16.9. The number of hydrogen-bond acceptors (Lipinski definition) is 2. The summed E-state index contributed by atoms with van der Waals surface area (Å²) in [5.74, 6) is 0.885. The van der Waals surface area contributed by atoms with Gasteiger partial charge in [-0.1, -0.05) is 6.42 Å². The Morgan fingerprint density at radius 3 is 2.91 bits per heavy atom. The van der Waals surface area contributed by atoms with E-state index in [4.69, 9.17) is 0 Å². The van der Waals surface area contributed by atoms with Gasteiger partial charge >= 0.3 is 0 Å².